The summed E-state index contributed by atoms with van der Waals surface area (Å²) in [6.45, 7) is 6.53. The Balaban J connectivity index is 1.87. The molecule has 0 aromatic heterocycles. The van der Waals surface area contributed by atoms with Crippen LogP contribution >= 0.6 is 11.6 Å². The number of carbonyl (C=O) groups excluding carboxylic acids is 3. The highest BCUT2D eigenvalue weighted by Gasteiger charge is 2.32. The Morgan fingerprint density at radius 1 is 0.906 bits per heavy atom. The largest absolute Gasteiger partial charge is 0.476 e. The zero-order chi connectivity index (χ0) is 23.9. The van der Waals surface area contributed by atoms with E-state index in [9.17, 15) is 14.4 Å². The molecule has 2 aromatic carbocycles. The molecule has 0 aliphatic heterocycles. The second kappa shape index (κ2) is 11.1. The van der Waals surface area contributed by atoms with Crippen LogP contribution in [-0.2, 0) is 19.1 Å². The predicted octanol–water partition coefficient (Wildman–Crippen LogP) is 3.80. The molecule has 0 bridgehead atoms. The molecule has 1 atom stereocenters. The maximum atomic E-state index is 12.5. The van der Waals surface area contributed by atoms with E-state index in [4.69, 9.17) is 31.5 Å². The van der Waals surface area contributed by atoms with Crippen LogP contribution in [0.3, 0.4) is 0 Å². The molecule has 2 N–H and O–H groups in total. The summed E-state index contributed by atoms with van der Waals surface area (Å²) in [6, 6.07) is 12.3. The van der Waals surface area contributed by atoms with E-state index in [1.807, 2.05) is 13.8 Å². The normalized spacial score (nSPS) is 12.2. The first kappa shape index (κ1) is 25.4. The maximum absolute atomic E-state index is 12.5. The van der Waals surface area contributed by atoms with Crippen molar-refractivity contribution in [3.63, 3.8) is 0 Å². The molecule has 0 amide bonds. The lowest BCUT2D eigenvalue weighted by Crippen LogP contribution is -2.41. The van der Waals surface area contributed by atoms with Crippen LogP contribution in [0.4, 0.5) is 0 Å². The Hall–Kier alpha value is -2.90. The molecule has 7 nitrogen and oxygen atoms in total. The van der Waals surface area contributed by atoms with E-state index in [0.29, 0.717) is 21.9 Å². The molecule has 0 aliphatic rings. The second-order valence-electron chi connectivity index (χ2n) is 8.05. The molecule has 8 heteroatoms. The minimum atomic E-state index is -1.29. The highest BCUT2D eigenvalue weighted by atomic mass is 35.5. The monoisotopic (exact) mass is 461 g/mol. The van der Waals surface area contributed by atoms with Gasteiger partial charge in [0.15, 0.2) is 11.4 Å². The smallest absolute Gasteiger partial charge is 0.350 e. The summed E-state index contributed by atoms with van der Waals surface area (Å²) in [5.41, 5.74) is 5.39. The van der Waals surface area contributed by atoms with Gasteiger partial charge in [0.2, 0.25) is 0 Å². The van der Waals surface area contributed by atoms with Gasteiger partial charge in [-0.25, -0.2) is 4.79 Å². The maximum Gasteiger partial charge on any atom is 0.350 e. The minimum absolute atomic E-state index is 0.0507. The number of hydrogen-bond donors (Lipinski definition) is 1. The topological polar surface area (TPSA) is 105 Å². The van der Waals surface area contributed by atoms with Crippen LogP contribution in [0.2, 0.25) is 5.02 Å². The van der Waals surface area contributed by atoms with Crippen molar-refractivity contribution in [1.29, 1.82) is 0 Å². The number of hydrogen-bond acceptors (Lipinski definition) is 7. The molecule has 32 heavy (non-hydrogen) atoms. The number of carbonyl (C=O) groups is 3. The quantitative estimate of drug-likeness (QED) is 0.326. The van der Waals surface area contributed by atoms with E-state index in [2.05, 4.69) is 0 Å². The Kier molecular flexibility index (Phi) is 8.80. The van der Waals surface area contributed by atoms with Gasteiger partial charge in [-0.3, -0.25) is 9.59 Å². The van der Waals surface area contributed by atoms with Crippen molar-refractivity contribution in [2.75, 3.05) is 13.2 Å². The van der Waals surface area contributed by atoms with E-state index < -0.39 is 23.6 Å². The Morgan fingerprint density at radius 2 is 1.41 bits per heavy atom. The molecule has 0 saturated carbocycles. The van der Waals surface area contributed by atoms with Crippen molar-refractivity contribution in [2.45, 2.75) is 39.3 Å². The van der Waals surface area contributed by atoms with Crippen LogP contribution in [0.25, 0.3) is 0 Å². The van der Waals surface area contributed by atoms with Crippen LogP contribution in [0.1, 0.15) is 43.6 Å². The van der Waals surface area contributed by atoms with E-state index >= 15 is 0 Å². The first-order chi connectivity index (χ1) is 15.0. The molecule has 0 radical (unpaired) electrons. The highest BCUT2D eigenvalue weighted by Crippen LogP contribution is 2.22. The van der Waals surface area contributed by atoms with Crippen LogP contribution in [0, 0.1) is 5.92 Å². The fourth-order valence-corrected chi connectivity index (χ4v) is 2.72. The van der Waals surface area contributed by atoms with Crippen molar-refractivity contribution in [1.82, 2.24) is 0 Å². The molecular formula is C24H28ClNO6. The lowest BCUT2D eigenvalue weighted by Gasteiger charge is -2.24. The average Bonchev–Trinajstić information content (AvgIpc) is 2.76. The lowest BCUT2D eigenvalue weighted by molar-refractivity contribution is -0.163. The van der Waals surface area contributed by atoms with Crippen molar-refractivity contribution >= 4 is 29.3 Å². The van der Waals surface area contributed by atoms with Crippen molar-refractivity contribution < 1.29 is 28.6 Å². The van der Waals surface area contributed by atoms with Gasteiger partial charge in [-0.05, 0) is 68.3 Å². The second-order valence-corrected chi connectivity index (χ2v) is 8.48. The van der Waals surface area contributed by atoms with Crippen LogP contribution in [-0.4, -0.2) is 42.6 Å². The molecule has 0 spiro atoms. The van der Waals surface area contributed by atoms with Crippen LogP contribution < -0.4 is 10.5 Å². The summed E-state index contributed by atoms with van der Waals surface area (Å²) in [6.07, 6.45) is 0. The van der Waals surface area contributed by atoms with E-state index in [-0.39, 0.29) is 24.9 Å². The summed E-state index contributed by atoms with van der Waals surface area (Å²) in [5.74, 6) is -0.972. The Labute approximate surface area is 192 Å². The third kappa shape index (κ3) is 7.07. The summed E-state index contributed by atoms with van der Waals surface area (Å²) in [4.78, 5) is 36.6. The molecule has 0 fully saturated rings. The third-order valence-electron chi connectivity index (χ3n) is 4.64. The molecule has 172 valence electrons. The Morgan fingerprint density at radius 3 is 1.94 bits per heavy atom. The SMILES string of the molecule is CC(C)[C@H](N)C(=O)OCCOC(=O)C(C)(C)Oc1ccc(C(=O)c2ccc(Cl)cc2)cc1. The molecular weight excluding hydrogens is 434 g/mol. The summed E-state index contributed by atoms with van der Waals surface area (Å²) in [7, 11) is 0. The first-order valence-corrected chi connectivity index (χ1v) is 10.6. The summed E-state index contributed by atoms with van der Waals surface area (Å²) >= 11 is 5.86. The van der Waals surface area contributed by atoms with Gasteiger partial charge >= 0.3 is 11.9 Å². The number of ketones is 1. The van der Waals surface area contributed by atoms with Crippen molar-refractivity contribution in [3.05, 3.63) is 64.7 Å². The molecule has 0 heterocycles. The number of esters is 2. The molecule has 0 aliphatic carbocycles. The number of rotatable bonds is 10. The van der Waals surface area contributed by atoms with Gasteiger partial charge in [0.1, 0.15) is 25.0 Å². The number of ether oxygens (including phenoxy) is 3. The van der Waals surface area contributed by atoms with E-state index in [1.54, 1.807) is 62.4 Å². The Bertz CT molecular complexity index is 938. The molecule has 0 saturated heterocycles. The fraction of sp³-hybridized carbons (Fsp3) is 0.375. The first-order valence-electron chi connectivity index (χ1n) is 10.2. The molecule has 2 aromatic rings. The lowest BCUT2D eigenvalue weighted by atomic mass is 10.0. The van der Waals surface area contributed by atoms with E-state index in [0.717, 1.165) is 0 Å². The van der Waals surface area contributed by atoms with Crippen molar-refractivity contribution in [3.8, 4) is 5.75 Å². The van der Waals surface area contributed by atoms with Gasteiger partial charge in [0, 0.05) is 16.1 Å². The molecule has 0 unspecified atom stereocenters. The summed E-state index contributed by atoms with van der Waals surface area (Å²) in [5, 5.41) is 0.553. The van der Waals surface area contributed by atoms with Gasteiger partial charge in [-0.1, -0.05) is 25.4 Å². The van der Waals surface area contributed by atoms with E-state index in [1.165, 1.54) is 0 Å². The van der Waals surface area contributed by atoms with Gasteiger partial charge in [-0.15, -0.1) is 0 Å². The highest BCUT2D eigenvalue weighted by molar-refractivity contribution is 6.30. The average molecular weight is 462 g/mol. The van der Waals surface area contributed by atoms with Gasteiger partial charge in [-0.2, -0.15) is 0 Å². The van der Waals surface area contributed by atoms with Crippen molar-refractivity contribution in [2.24, 2.45) is 11.7 Å². The predicted molar refractivity (Wildman–Crippen MR) is 121 cm³/mol. The minimum Gasteiger partial charge on any atom is -0.476 e. The fourth-order valence-electron chi connectivity index (χ4n) is 2.60. The number of nitrogens with two attached hydrogens (primary N) is 1. The zero-order valence-electron chi connectivity index (χ0n) is 18.6. The standard InChI is InChI=1S/C24H28ClNO6/c1-15(2)20(26)22(28)30-13-14-31-23(29)24(3,4)32-19-11-7-17(8-12-19)21(27)16-5-9-18(25)10-6-16/h5-12,15,20H,13-14,26H2,1-4H3/t20-/m0/s1. The summed E-state index contributed by atoms with van der Waals surface area (Å²) < 4.78 is 15.9. The van der Waals surface area contributed by atoms with Gasteiger partial charge in [0.25, 0.3) is 0 Å². The zero-order valence-corrected chi connectivity index (χ0v) is 19.3. The van der Waals surface area contributed by atoms with Gasteiger partial charge < -0.3 is 19.9 Å². The van der Waals surface area contributed by atoms with Crippen LogP contribution in [0.15, 0.2) is 48.5 Å². The third-order valence-corrected chi connectivity index (χ3v) is 4.89. The molecule has 2 rings (SSSR count). The number of benzene rings is 2. The van der Waals surface area contributed by atoms with Crippen LogP contribution in [0.5, 0.6) is 5.75 Å². The van der Waals surface area contributed by atoms with Gasteiger partial charge in [0.05, 0.1) is 0 Å². The number of halogens is 1.